The van der Waals surface area contributed by atoms with Crippen LogP contribution < -0.4 is 5.32 Å². The Labute approximate surface area is 193 Å². The topological polar surface area (TPSA) is 84.3 Å². The fourth-order valence-corrected chi connectivity index (χ4v) is 7.38. The Kier molecular flexibility index (Phi) is 7.83. The Morgan fingerprint density at radius 1 is 1.32 bits per heavy atom. The second-order valence-electron chi connectivity index (χ2n) is 8.09. The molecule has 0 unspecified atom stereocenters. The highest BCUT2D eigenvalue weighted by Crippen LogP contribution is 2.32. The van der Waals surface area contributed by atoms with Crippen molar-refractivity contribution >= 4 is 38.9 Å². The number of aromatic nitrogens is 2. The molecule has 0 spiro atoms. The summed E-state index contributed by atoms with van der Waals surface area (Å²) in [6, 6.07) is 3.16. The highest BCUT2D eigenvalue weighted by atomic mass is 35.5. The molecular weight excluding hydrogens is 456 g/mol. The lowest BCUT2D eigenvalue weighted by atomic mass is 9.85. The molecule has 10 heteroatoms. The van der Waals surface area contributed by atoms with Crippen LogP contribution in [0, 0.1) is 25.7 Å². The summed E-state index contributed by atoms with van der Waals surface area (Å²) in [5.41, 5.74) is 3.37. The number of carbonyl (C=O) groups is 1. The molecule has 7 nitrogen and oxygen atoms in total. The maximum atomic E-state index is 12.8. The summed E-state index contributed by atoms with van der Waals surface area (Å²) < 4.78 is 29.7. The lowest BCUT2D eigenvalue weighted by molar-refractivity contribution is -0.126. The average Bonchev–Trinajstić information content (AvgIpc) is 3.31. The summed E-state index contributed by atoms with van der Waals surface area (Å²) in [5.74, 6) is 0.0517. The summed E-state index contributed by atoms with van der Waals surface area (Å²) >= 11 is 6.98. The minimum absolute atomic E-state index is 0.0320. The first-order chi connectivity index (χ1) is 14.6. The van der Waals surface area contributed by atoms with E-state index in [1.807, 2.05) is 18.5 Å². The molecule has 3 heterocycles. The quantitative estimate of drug-likeness (QED) is 0.617. The molecule has 1 amide bonds. The van der Waals surface area contributed by atoms with Crippen LogP contribution in [0.3, 0.4) is 0 Å². The Hall–Kier alpha value is -1.42. The van der Waals surface area contributed by atoms with E-state index in [4.69, 9.17) is 11.6 Å². The van der Waals surface area contributed by atoms with Crippen LogP contribution in [0.25, 0.3) is 0 Å². The van der Waals surface area contributed by atoms with Crippen molar-refractivity contribution in [2.75, 3.05) is 19.6 Å². The van der Waals surface area contributed by atoms with Crippen molar-refractivity contribution in [3.05, 3.63) is 33.4 Å². The van der Waals surface area contributed by atoms with Gasteiger partial charge in [0.1, 0.15) is 4.21 Å². The molecule has 0 aromatic carbocycles. The van der Waals surface area contributed by atoms with Crippen molar-refractivity contribution in [2.24, 2.45) is 11.8 Å². The number of nitrogens with zero attached hydrogens (tertiary/aromatic N) is 3. The SMILES string of the molecule is CCn1nc(C)c(CCNC(=O)[C@@H](C)C2CCN(S(=O)(=O)c3ccc(Cl)s3)CC2)c1C. The van der Waals surface area contributed by atoms with E-state index < -0.39 is 10.0 Å². The van der Waals surface area contributed by atoms with Crippen LogP contribution in [0.2, 0.25) is 4.34 Å². The smallest absolute Gasteiger partial charge is 0.252 e. The van der Waals surface area contributed by atoms with Gasteiger partial charge in [-0.1, -0.05) is 18.5 Å². The summed E-state index contributed by atoms with van der Waals surface area (Å²) in [7, 11) is -3.50. The van der Waals surface area contributed by atoms with Gasteiger partial charge in [-0.05, 0) is 63.6 Å². The van der Waals surface area contributed by atoms with Gasteiger partial charge in [0.05, 0.1) is 10.0 Å². The van der Waals surface area contributed by atoms with E-state index in [1.54, 1.807) is 12.1 Å². The maximum absolute atomic E-state index is 12.8. The van der Waals surface area contributed by atoms with Crippen LogP contribution in [0.15, 0.2) is 16.3 Å². The van der Waals surface area contributed by atoms with Gasteiger partial charge >= 0.3 is 0 Å². The number of piperidine rings is 1. The van der Waals surface area contributed by atoms with Gasteiger partial charge in [-0.3, -0.25) is 9.48 Å². The number of thiophene rings is 1. The molecule has 0 bridgehead atoms. The van der Waals surface area contributed by atoms with E-state index in [9.17, 15) is 13.2 Å². The number of rotatable bonds is 8. The zero-order valence-corrected chi connectivity index (χ0v) is 20.9. The van der Waals surface area contributed by atoms with Gasteiger partial charge in [0, 0.05) is 37.8 Å². The molecule has 2 aromatic rings. The third-order valence-corrected chi connectivity index (χ3v) is 9.86. The molecule has 0 saturated carbocycles. The largest absolute Gasteiger partial charge is 0.356 e. The van der Waals surface area contributed by atoms with Crippen LogP contribution in [0.5, 0.6) is 0 Å². The van der Waals surface area contributed by atoms with Gasteiger partial charge in [0.25, 0.3) is 10.0 Å². The zero-order chi connectivity index (χ0) is 22.8. The van der Waals surface area contributed by atoms with E-state index in [-0.39, 0.29) is 22.0 Å². The predicted molar refractivity (Wildman–Crippen MR) is 124 cm³/mol. The molecule has 1 N–H and O–H groups in total. The third-order valence-electron chi connectivity index (χ3n) is 6.27. The third kappa shape index (κ3) is 5.32. The lowest BCUT2D eigenvalue weighted by Crippen LogP contribution is -2.42. The van der Waals surface area contributed by atoms with Crippen LogP contribution in [0.4, 0.5) is 0 Å². The number of nitrogens with one attached hydrogen (secondary N) is 1. The summed E-state index contributed by atoms with van der Waals surface area (Å²) in [5, 5.41) is 7.59. The van der Waals surface area contributed by atoms with Gasteiger partial charge in [0.2, 0.25) is 5.91 Å². The molecule has 0 radical (unpaired) electrons. The van der Waals surface area contributed by atoms with Gasteiger partial charge in [0.15, 0.2) is 0 Å². The summed E-state index contributed by atoms with van der Waals surface area (Å²) in [6.45, 7) is 10.3. The number of halogens is 1. The number of hydrogen-bond acceptors (Lipinski definition) is 5. The van der Waals surface area contributed by atoms with Gasteiger partial charge < -0.3 is 5.32 Å². The van der Waals surface area contributed by atoms with E-state index >= 15 is 0 Å². The fraction of sp³-hybridized carbons (Fsp3) is 0.619. The van der Waals surface area contributed by atoms with Crippen molar-refractivity contribution < 1.29 is 13.2 Å². The molecular formula is C21H31ClN4O3S2. The van der Waals surface area contributed by atoms with Gasteiger partial charge in [-0.15, -0.1) is 11.3 Å². The predicted octanol–water partition coefficient (Wildman–Crippen LogP) is 3.63. The molecule has 1 aliphatic rings. The lowest BCUT2D eigenvalue weighted by Gasteiger charge is -2.33. The Morgan fingerprint density at radius 2 is 2.00 bits per heavy atom. The fourth-order valence-electron chi connectivity index (χ4n) is 4.27. The molecule has 1 aliphatic heterocycles. The molecule has 31 heavy (non-hydrogen) atoms. The first kappa shape index (κ1) is 24.2. The monoisotopic (exact) mass is 486 g/mol. The second-order valence-corrected chi connectivity index (χ2v) is 12.0. The Balaban J connectivity index is 1.49. The maximum Gasteiger partial charge on any atom is 0.252 e. The average molecular weight is 487 g/mol. The van der Waals surface area contributed by atoms with Crippen LogP contribution in [0.1, 0.15) is 43.6 Å². The molecule has 0 aliphatic carbocycles. The highest BCUT2D eigenvalue weighted by Gasteiger charge is 2.34. The van der Waals surface area contributed by atoms with Crippen molar-refractivity contribution in [1.82, 2.24) is 19.4 Å². The highest BCUT2D eigenvalue weighted by molar-refractivity contribution is 7.91. The van der Waals surface area contributed by atoms with Crippen LogP contribution in [-0.2, 0) is 27.8 Å². The van der Waals surface area contributed by atoms with E-state index in [0.29, 0.717) is 36.8 Å². The molecule has 1 fully saturated rings. The number of hydrogen-bond donors (Lipinski definition) is 1. The standard InChI is InChI=1S/C21H31ClN4O3S2/c1-5-26-16(4)18(15(3)24-26)8-11-23-21(27)14(2)17-9-12-25(13-10-17)31(28,29)20-7-6-19(22)30-20/h6-7,14,17H,5,8-13H2,1-4H3,(H,23,27)/t14-/m0/s1. The summed E-state index contributed by atoms with van der Waals surface area (Å²) in [4.78, 5) is 12.7. The number of carbonyl (C=O) groups excluding carboxylic acids is 1. The first-order valence-corrected chi connectivity index (χ1v) is 13.3. The molecule has 3 rings (SSSR count). The van der Waals surface area contributed by atoms with E-state index in [2.05, 4.69) is 24.3 Å². The van der Waals surface area contributed by atoms with Crippen molar-refractivity contribution in [3.63, 3.8) is 0 Å². The Morgan fingerprint density at radius 3 is 2.55 bits per heavy atom. The zero-order valence-electron chi connectivity index (χ0n) is 18.5. The van der Waals surface area contributed by atoms with E-state index in [0.717, 1.165) is 35.7 Å². The van der Waals surface area contributed by atoms with Crippen molar-refractivity contribution in [2.45, 2.75) is 57.7 Å². The molecule has 172 valence electrons. The van der Waals surface area contributed by atoms with Crippen molar-refractivity contribution in [1.29, 1.82) is 0 Å². The molecule has 1 atom stereocenters. The first-order valence-electron chi connectivity index (χ1n) is 10.7. The number of sulfonamides is 1. The minimum atomic E-state index is -3.50. The molecule has 1 saturated heterocycles. The minimum Gasteiger partial charge on any atom is -0.356 e. The summed E-state index contributed by atoms with van der Waals surface area (Å²) in [6.07, 6.45) is 2.11. The number of amides is 1. The second kappa shape index (κ2) is 10.0. The normalized spacial score (nSPS) is 17.1. The Bertz CT molecular complexity index is 1020. The molecule has 2 aromatic heterocycles. The van der Waals surface area contributed by atoms with Crippen LogP contribution in [-0.4, -0.2) is 48.0 Å². The van der Waals surface area contributed by atoms with Crippen molar-refractivity contribution in [3.8, 4) is 0 Å². The van der Waals surface area contributed by atoms with Gasteiger partial charge in [-0.2, -0.15) is 9.40 Å². The van der Waals surface area contributed by atoms with Crippen LogP contribution >= 0.6 is 22.9 Å². The van der Waals surface area contributed by atoms with Gasteiger partial charge in [-0.25, -0.2) is 8.42 Å². The number of aryl methyl sites for hydroxylation is 2. The van der Waals surface area contributed by atoms with E-state index in [1.165, 1.54) is 9.87 Å².